The molecule has 0 fully saturated rings. The minimum absolute atomic E-state index is 0.0204. The smallest absolute Gasteiger partial charge is 0.0462 e. The maximum Gasteiger partial charge on any atom is 0.0462 e. The summed E-state index contributed by atoms with van der Waals surface area (Å²) < 4.78 is 0. The number of nitrogens with zero attached hydrogens (tertiary/aromatic N) is 1. The summed E-state index contributed by atoms with van der Waals surface area (Å²) in [6.45, 7) is 18.9. The monoisotopic (exact) mass is 1030 g/mol. The Balaban J connectivity index is 1.05. The van der Waals surface area contributed by atoms with Crippen LogP contribution in [0.1, 0.15) is 193 Å². The third kappa shape index (κ3) is 12.2. The largest absolute Gasteiger partial charge is 0.311 e. The number of benzene rings is 8. The molecule has 0 aromatic heterocycles. The molecule has 8 aromatic carbocycles. The third-order valence-corrected chi connectivity index (χ3v) is 19.0. The van der Waals surface area contributed by atoms with Crippen LogP contribution in [0.4, 0.5) is 17.1 Å². The third-order valence-electron chi connectivity index (χ3n) is 19.0. The first-order valence-corrected chi connectivity index (χ1v) is 30.8. The predicted molar refractivity (Wildman–Crippen MR) is 341 cm³/mol. The SMILES string of the molecule is CCCCCCCCC1(CCCCCCCC)c2cc(-c3cccc(-c4ccc(N(c5ccc(-c6ccccc6)cc5)c5ccc(-c6cccc(C(C)(CC)CC)c6)cc5)cc4)c3)ccc2-c2ccc(C(C)(CC)CC)cc21. The molecule has 0 amide bonds. The van der Waals surface area contributed by atoms with Gasteiger partial charge in [0.25, 0.3) is 0 Å². The van der Waals surface area contributed by atoms with Gasteiger partial charge in [-0.25, -0.2) is 0 Å². The standard InChI is InChI=1S/C77H91N/c1-9-15-17-19-21-26-52-77(53-27-22-20-18-16-10-2)73-56-65(42-50-71(73)72-51-43-67(57-74(72)77)76(8,13-5)14-6)63-33-28-32-62(54-63)60-38-46-69(47-39-60)78(68-44-36-59(37-45-68)58-30-24-23-25-31-58)70-48-40-61(41-49-70)64-34-29-35-66(55-64)75(7,11-3)12-4/h23-25,28-51,54-57H,9-22,26-27,52-53H2,1-8H3. The molecule has 0 unspecified atom stereocenters. The molecular weight excluding hydrogens is 939 g/mol. The molecule has 0 saturated heterocycles. The summed E-state index contributed by atoms with van der Waals surface area (Å²) in [6, 6.07) is 72.0. The van der Waals surface area contributed by atoms with Gasteiger partial charge in [-0.05, 0) is 176 Å². The molecule has 0 saturated carbocycles. The van der Waals surface area contributed by atoms with Gasteiger partial charge >= 0.3 is 0 Å². The first-order chi connectivity index (χ1) is 38.1. The summed E-state index contributed by atoms with van der Waals surface area (Å²) in [6.07, 6.45) is 22.9. The van der Waals surface area contributed by atoms with Crippen molar-refractivity contribution in [2.75, 3.05) is 4.90 Å². The van der Waals surface area contributed by atoms with E-state index in [-0.39, 0.29) is 16.2 Å². The highest BCUT2D eigenvalue weighted by molar-refractivity contribution is 5.86. The van der Waals surface area contributed by atoms with Crippen LogP contribution < -0.4 is 4.90 Å². The Hall–Kier alpha value is -6.44. The molecular formula is C77H91N. The second-order valence-corrected chi connectivity index (χ2v) is 23.7. The van der Waals surface area contributed by atoms with Gasteiger partial charge in [0.05, 0.1) is 0 Å². The van der Waals surface area contributed by atoms with Crippen molar-refractivity contribution in [3.63, 3.8) is 0 Å². The van der Waals surface area contributed by atoms with Gasteiger partial charge in [0.2, 0.25) is 0 Å². The second-order valence-electron chi connectivity index (χ2n) is 23.7. The molecule has 8 aromatic rings. The summed E-state index contributed by atoms with van der Waals surface area (Å²) in [5.41, 5.74) is 22.9. The van der Waals surface area contributed by atoms with Crippen LogP contribution in [0.3, 0.4) is 0 Å². The highest BCUT2D eigenvalue weighted by atomic mass is 15.1. The van der Waals surface area contributed by atoms with E-state index in [0.717, 1.165) is 42.7 Å². The summed E-state index contributed by atoms with van der Waals surface area (Å²) in [5, 5.41) is 0. The van der Waals surface area contributed by atoms with Crippen LogP contribution in [0, 0.1) is 0 Å². The summed E-state index contributed by atoms with van der Waals surface area (Å²) in [5.74, 6) is 0. The Labute approximate surface area is 472 Å². The Morgan fingerprint density at radius 1 is 0.308 bits per heavy atom. The van der Waals surface area contributed by atoms with Crippen LogP contribution in [-0.2, 0) is 16.2 Å². The van der Waals surface area contributed by atoms with Crippen LogP contribution in [-0.4, -0.2) is 0 Å². The molecule has 9 rings (SSSR count). The van der Waals surface area contributed by atoms with Crippen molar-refractivity contribution in [2.45, 2.75) is 187 Å². The Morgan fingerprint density at radius 3 is 1.17 bits per heavy atom. The molecule has 1 nitrogen and oxygen atoms in total. The molecule has 0 heterocycles. The van der Waals surface area contributed by atoms with E-state index in [9.17, 15) is 0 Å². The molecule has 404 valence electrons. The Kier molecular flexibility index (Phi) is 18.8. The molecule has 1 aliphatic rings. The lowest BCUT2D eigenvalue weighted by atomic mass is 9.68. The van der Waals surface area contributed by atoms with Gasteiger partial charge < -0.3 is 4.90 Å². The number of hydrogen-bond acceptors (Lipinski definition) is 1. The van der Waals surface area contributed by atoms with Crippen molar-refractivity contribution in [3.8, 4) is 55.6 Å². The molecule has 0 N–H and O–H groups in total. The quantitative estimate of drug-likeness (QED) is 0.0464. The minimum Gasteiger partial charge on any atom is -0.311 e. The van der Waals surface area contributed by atoms with Crippen molar-refractivity contribution in [3.05, 3.63) is 210 Å². The lowest BCUT2D eigenvalue weighted by Gasteiger charge is -2.35. The van der Waals surface area contributed by atoms with E-state index in [0.29, 0.717) is 0 Å². The Bertz CT molecular complexity index is 3130. The van der Waals surface area contributed by atoms with Crippen molar-refractivity contribution >= 4 is 17.1 Å². The number of rotatable bonds is 27. The maximum atomic E-state index is 2.70. The zero-order chi connectivity index (χ0) is 54.5. The predicted octanol–water partition coefficient (Wildman–Crippen LogP) is 23.7. The van der Waals surface area contributed by atoms with Crippen LogP contribution in [0.2, 0.25) is 0 Å². The average molecular weight is 1030 g/mol. The number of hydrogen-bond donors (Lipinski definition) is 0. The lowest BCUT2D eigenvalue weighted by molar-refractivity contribution is 0.395. The van der Waals surface area contributed by atoms with Gasteiger partial charge in [0.1, 0.15) is 0 Å². The fraction of sp³-hybridized carbons (Fsp3) is 0.377. The highest BCUT2D eigenvalue weighted by Crippen LogP contribution is 2.56. The van der Waals surface area contributed by atoms with Gasteiger partial charge in [-0.1, -0.05) is 272 Å². The fourth-order valence-electron chi connectivity index (χ4n) is 12.9. The van der Waals surface area contributed by atoms with Crippen molar-refractivity contribution in [1.82, 2.24) is 0 Å². The maximum absolute atomic E-state index is 2.70. The van der Waals surface area contributed by atoms with Crippen LogP contribution in [0.15, 0.2) is 188 Å². The zero-order valence-corrected chi connectivity index (χ0v) is 49.1. The van der Waals surface area contributed by atoms with E-state index < -0.39 is 0 Å². The Morgan fingerprint density at radius 2 is 0.667 bits per heavy atom. The highest BCUT2D eigenvalue weighted by Gasteiger charge is 2.43. The molecule has 0 aliphatic heterocycles. The first-order valence-electron chi connectivity index (χ1n) is 30.8. The molecule has 0 atom stereocenters. The van der Waals surface area contributed by atoms with Gasteiger partial charge in [0, 0.05) is 22.5 Å². The second kappa shape index (κ2) is 26.0. The molecule has 1 aliphatic carbocycles. The lowest BCUT2D eigenvalue weighted by Crippen LogP contribution is -2.27. The van der Waals surface area contributed by atoms with E-state index in [4.69, 9.17) is 0 Å². The molecule has 0 bridgehead atoms. The van der Waals surface area contributed by atoms with Gasteiger partial charge in [0.15, 0.2) is 0 Å². The molecule has 0 radical (unpaired) electrons. The van der Waals surface area contributed by atoms with Gasteiger partial charge in [-0.15, -0.1) is 0 Å². The summed E-state index contributed by atoms with van der Waals surface area (Å²) in [7, 11) is 0. The number of unbranched alkanes of at least 4 members (excludes halogenated alkanes) is 10. The average Bonchev–Trinajstić information content (AvgIpc) is 3.99. The normalized spacial score (nSPS) is 12.9. The molecule has 0 spiro atoms. The molecule has 1 heteroatoms. The fourth-order valence-corrected chi connectivity index (χ4v) is 12.9. The summed E-state index contributed by atoms with van der Waals surface area (Å²) in [4.78, 5) is 2.40. The van der Waals surface area contributed by atoms with Crippen LogP contribution >= 0.6 is 0 Å². The topological polar surface area (TPSA) is 3.24 Å². The van der Waals surface area contributed by atoms with E-state index in [1.807, 2.05) is 0 Å². The zero-order valence-electron chi connectivity index (χ0n) is 49.1. The number of anilines is 3. The van der Waals surface area contributed by atoms with Crippen molar-refractivity contribution < 1.29 is 0 Å². The van der Waals surface area contributed by atoms with E-state index in [2.05, 4.69) is 248 Å². The summed E-state index contributed by atoms with van der Waals surface area (Å²) >= 11 is 0. The van der Waals surface area contributed by atoms with Gasteiger partial charge in [-0.3, -0.25) is 0 Å². The first kappa shape index (κ1) is 56.3. The van der Waals surface area contributed by atoms with Crippen molar-refractivity contribution in [2.24, 2.45) is 0 Å². The molecule has 78 heavy (non-hydrogen) atoms. The number of fused-ring (bicyclic) bond motifs is 3. The van der Waals surface area contributed by atoms with E-state index >= 15 is 0 Å². The van der Waals surface area contributed by atoms with E-state index in [1.165, 1.54) is 157 Å². The van der Waals surface area contributed by atoms with Crippen LogP contribution in [0.25, 0.3) is 55.6 Å². The van der Waals surface area contributed by atoms with Crippen molar-refractivity contribution in [1.29, 1.82) is 0 Å². The minimum atomic E-state index is 0.0204. The van der Waals surface area contributed by atoms with Crippen LogP contribution in [0.5, 0.6) is 0 Å². The van der Waals surface area contributed by atoms with Gasteiger partial charge in [-0.2, -0.15) is 0 Å². The van der Waals surface area contributed by atoms with E-state index in [1.54, 1.807) is 11.1 Å².